The van der Waals surface area contributed by atoms with Gasteiger partial charge >= 0.3 is 6.18 Å². The van der Waals surface area contributed by atoms with Crippen molar-refractivity contribution in [1.29, 1.82) is 10.5 Å². The maximum absolute atomic E-state index is 11.9. The molecular weight excluding hydrogens is 273 g/mol. The van der Waals surface area contributed by atoms with Gasteiger partial charge in [-0.25, -0.2) is 0 Å². The summed E-state index contributed by atoms with van der Waals surface area (Å²) in [6, 6.07) is 9.33. The highest BCUT2D eigenvalue weighted by Gasteiger charge is 2.27. The Morgan fingerprint density at radius 2 is 1.80 bits per heavy atom. The quantitative estimate of drug-likeness (QED) is 0.664. The molecule has 0 atom stereocenters. The molecule has 0 aliphatic heterocycles. The van der Waals surface area contributed by atoms with Gasteiger partial charge in [-0.2, -0.15) is 28.8 Å². The molecule has 0 saturated heterocycles. The maximum atomic E-state index is 11.9. The van der Waals surface area contributed by atoms with Gasteiger partial charge in [0, 0.05) is 0 Å². The number of nitriles is 2. The number of hydrogen-bond donors (Lipinski definition) is 1. The average Bonchev–Trinajstić information content (AvgIpc) is 2.40. The Labute approximate surface area is 112 Å². The first kappa shape index (κ1) is 15.5. The summed E-state index contributed by atoms with van der Waals surface area (Å²) in [4.78, 5) is 0. The van der Waals surface area contributed by atoms with Gasteiger partial charge in [0.25, 0.3) is 0 Å². The van der Waals surface area contributed by atoms with Gasteiger partial charge in [0.05, 0.1) is 12.3 Å². The molecular formula is C12H9F3N4O. The van der Waals surface area contributed by atoms with E-state index in [0.717, 1.165) is 0 Å². The summed E-state index contributed by atoms with van der Waals surface area (Å²) in [6.07, 6.45) is -4.35. The fourth-order valence-corrected chi connectivity index (χ4v) is 1.16. The lowest BCUT2D eigenvalue weighted by atomic mass is 10.2. The van der Waals surface area contributed by atoms with E-state index in [1.807, 2.05) is 0 Å². The van der Waals surface area contributed by atoms with Crippen molar-refractivity contribution in [3.63, 3.8) is 0 Å². The lowest BCUT2D eigenvalue weighted by molar-refractivity contribution is -0.176. The number of anilines is 1. The molecule has 5 nitrogen and oxygen atoms in total. The molecule has 1 N–H and O–H groups in total. The molecule has 0 aliphatic carbocycles. The fraction of sp³-hybridized carbons (Fsp3) is 0.250. The number of hydrazone groups is 1. The minimum Gasteiger partial charge on any atom is -0.367 e. The molecule has 0 fully saturated rings. The minimum atomic E-state index is -4.35. The summed E-state index contributed by atoms with van der Waals surface area (Å²) >= 11 is 0. The SMILES string of the molecule is N#CC(C#N)=NNc1ccc(COCC(F)(F)F)cc1. The number of hydrogen-bond acceptors (Lipinski definition) is 5. The van der Waals surface area contributed by atoms with Gasteiger partial charge in [-0.05, 0) is 17.7 Å². The first-order valence-electron chi connectivity index (χ1n) is 5.32. The van der Waals surface area contributed by atoms with Crippen LogP contribution >= 0.6 is 0 Å². The monoisotopic (exact) mass is 282 g/mol. The highest BCUT2D eigenvalue weighted by molar-refractivity contribution is 6.10. The third-order valence-electron chi connectivity index (χ3n) is 2.00. The van der Waals surface area contributed by atoms with E-state index in [-0.39, 0.29) is 12.3 Å². The molecule has 0 aromatic heterocycles. The number of benzene rings is 1. The van der Waals surface area contributed by atoms with Crippen LogP contribution in [0, 0.1) is 22.7 Å². The predicted molar refractivity (Wildman–Crippen MR) is 64.4 cm³/mol. The topological polar surface area (TPSA) is 81.2 Å². The van der Waals surface area contributed by atoms with E-state index in [0.29, 0.717) is 11.3 Å². The Hall–Kier alpha value is -2.58. The summed E-state index contributed by atoms with van der Waals surface area (Å²) in [7, 11) is 0. The van der Waals surface area contributed by atoms with Crippen molar-refractivity contribution in [3.05, 3.63) is 29.8 Å². The third kappa shape index (κ3) is 5.85. The largest absolute Gasteiger partial charge is 0.411 e. The van der Waals surface area contributed by atoms with E-state index < -0.39 is 12.8 Å². The van der Waals surface area contributed by atoms with E-state index in [1.165, 1.54) is 0 Å². The fourth-order valence-electron chi connectivity index (χ4n) is 1.16. The average molecular weight is 282 g/mol. The summed E-state index contributed by atoms with van der Waals surface area (Å²) in [6.45, 7) is -1.46. The molecule has 1 rings (SSSR count). The lowest BCUT2D eigenvalue weighted by Crippen LogP contribution is -2.16. The van der Waals surface area contributed by atoms with Gasteiger partial charge in [-0.15, -0.1) is 0 Å². The van der Waals surface area contributed by atoms with Crippen LogP contribution in [0.3, 0.4) is 0 Å². The van der Waals surface area contributed by atoms with Crippen LogP contribution in [0.1, 0.15) is 5.56 Å². The number of nitrogens with one attached hydrogen (secondary N) is 1. The second kappa shape index (κ2) is 7.12. The standard InChI is InChI=1S/C12H9F3N4O/c13-12(14,15)8-20-7-9-1-3-10(4-2-9)18-19-11(5-16)6-17/h1-4,18H,7-8H2. The molecule has 104 valence electrons. The number of halogens is 3. The lowest BCUT2D eigenvalue weighted by Gasteiger charge is -2.08. The Balaban J connectivity index is 2.51. The molecule has 1 aromatic rings. The highest BCUT2D eigenvalue weighted by Crippen LogP contribution is 2.16. The van der Waals surface area contributed by atoms with Gasteiger partial charge in [0.1, 0.15) is 18.7 Å². The van der Waals surface area contributed by atoms with Gasteiger partial charge in [-0.3, -0.25) is 5.43 Å². The van der Waals surface area contributed by atoms with Crippen molar-refractivity contribution in [2.45, 2.75) is 12.8 Å². The Kier molecular flexibility index (Phi) is 5.51. The molecule has 0 bridgehead atoms. The Bertz CT molecular complexity index is 536. The van der Waals surface area contributed by atoms with Crippen molar-refractivity contribution in [2.75, 3.05) is 12.0 Å². The van der Waals surface area contributed by atoms with Crippen molar-refractivity contribution >= 4 is 11.4 Å². The molecule has 0 saturated carbocycles. The predicted octanol–water partition coefficient (Wildman–Crippen LogP) is 2.58. The van der Waals surface area contributed by atoms with Crippen LogP contribution in [0.5, 0.6) is 0 Å². The molecule has 8 heteroatoms. The first-order chi connectivity index (χ1) is 9.44. The van der Waals surface area contributed by atoms with Crippen LogP contribution in [0.15, 0.2) is 29.4 Å². The number of rotatable bonds is 5. The van der Waals surface area contributed by atoms with E-state index in [2.05, 4.69) is 15.3 Å². The number of ether oxygens (including phenoxy) is 1. The smallest absolute Gasteiger partial charge is 0.367 e. The zero-order valence-corrected chi connectivity index (χ0v) is 10.1. The van der Waals surface area contributed by atoms with E-state index in [9.17, 15) is 13.2 Å². The second-order valence-corrected chi connectivity index (χ2v) is 3.60. The van der Waals surface area contributed by atoms with Crippen LogP contribution in [-0.4, -0.2) is 18.5 Å². The van der Waals surface area contributed by atoms with E-state index in [1.54, 1.807) is 36.4 Å². The second-order valence-electron chi connectivity index (χ2n) is 3.60. The van der Waals surface area contributed by atoms with Gasteiger partial charge in [0.15, 0.2) is 0 Å². The molecule has 0 amide bonds. The molecule has 1 aromatic carbocycles. The zero-order chi connectivity index (χ0) is 15.0. The van der Waals surface area contributed by atoms with Crippen molar-refractivity contribution in [3.8, 4) is 12.1 Å². The molecule has 0 radical (unpaired) electrons. The van der Waals surface area contributed by atoms with Crippen LogP contribution in [0.25, 0.3) is 0 Å². The third-order valence-corrected chi connectivity index (χ3v) is 2.00. The molecule has 0 aliphatic rings. The number of alkyl halides is 3. The molecule has 20 heavy (non-hydrogen) atoms. The minimum absolute atomic E-state index is 0.162. The van der Waals surface area contributed by atoms with Crippen molar-refractivity contribution in [2.24, 2.45) is 5.10 Å². The maximum Gasteiger partial charge on any atom is 0.411 e. The van der Waals surface area contributed by atoms with Crippen molar-refractivity contribution in [1.82, 2.24) is 0 Å². The number of nitrogens with zero attached hydrogens (tertiary/aromatic N) is 3. The van der Waals surface area contributed by atoms with Crippen LogP contribution in [0.4, 0.5) is 18.9 Å². The van der Waals surface area contributed by atoms with E-state index >= 15 is 0 Å². The van der Waals surface area contributed by atoms with Gasteiger partial charge in [-0.1, -0.05) is 12.1 Å². The normalized spacial score (nSPS) is 10.2. The van der Waals surface area contributed by atoms with Crippen LogP contribution in [-0.2, 0) is 11.3 Å². The van der Waals surface area contributed by atoms with Gasteiger partial charge in [0.2, 0.25) is 5.71 Å². The van der Waals surface area contributed by atoms with Crippen molar-refractivity contribution < 1.29 is 17.9 Å². The summed E-state index contributed by atoms with van der Waals surface area (Å²) in [5.41, 5.74) is 3.20. The summed E-state index contributed by atoms with van der Waals surface area (Å²) in [5.74, 6) is 0. The van der Waals surface area contributed by atoms with Gasteiger partial charge < -0.3 is 4.74 Å². The Morgan fingerprint density at radius 1 is 1.20 bits per heavy atom. The zero-order valence-electron chi connectivity index (χ0n) is 10.1. The summed E-state index contributed by atoms with van der Waals surface area (Å²) in [5, 5.41) is 20.4. The van der Waals surface area contributed by atoms with Crippen LogP contribution in [0.2, 0.25) is 0 Å². The molecule has 0 heterocycles. The Morgan fingerprint density at radius 3 is 2.30 bits per heavy atom. The van der Waals surface area contributed by atoms with Crippen LogP contribution < -0.4 is 5.43 Å². The summed E-state index contributed by atoms with van der Waals surface area (Å²) < 4.78 is 40.1. The first-order valence-corrected chi connectivity index (χ1v) is 5.32. The highest BCUT2D eigenvalue weighted by atomic mass is 19.4. The molecule has 0 spiro atoms. The molecule has 0 unspecified atom stereocenters. The van der Waals surface area contributed by atoms with E-state index in [4.69, 9.17) is 10.5 Å².